The molecule has 1 heterocycles. The van der Waals surface area contributed by atoms with Crippen LogP contribution in [0.2, 0.25) is 0 Å². The van der Waals surface area contributed by atoms with E-state index in [1.165, 1.54) is 0 Å². The van der Waals surface area contributed by atoms with Crippen LogP contribution in [0.15, 0.2) is 53.0 Å². The smallest absolute Gasteiger partial charge is 0.138 e. The fourth-order valence-corrected chi connectivity index (χ4v) is 2.98. The normalized spacial score (nSPS) is 18.2. The summed E-state index contributed by atoms with van der Waals surface area (Å²) in [6, 6.07) is 15.8. The van der Waals surface area contributed by atoms with Crippen LogP contribution in [-0.2, 0) is 16.1 Å². The number of hydrogen-bond acceptors (Lipinski definition) is 3. The second-order valence-corrected chi connectivity index (χ2v) is 6.16. The van der Waals surface area contributed by atoms with E-state index in [0.717, 1.165) is 21.3 Å². The second kappa shape index (κ2) is 7.07. The second-order valence-electron chi connectivity index (χ2n) is 5.31. The van der Waals surface area contributed by atoms with Crippen molar-refractivity contribution in [2.24, 2.45) is 0 Å². The quantitative estimate of drug-likeness (QED) is 0.807. The number of hydrogen-bond donors (Lipinski definition) is 0. The van der Waals surface area contributed by atoms with E-state index in [2.05, 4.69) is 15.9 Å². The van der Waals surface area contributed by atoms with Gasteiger partial charge in [-0.05, 0) is 29.3 Å². The number of benzene rings is 2. The molecule has 2 aromatic carbocycles. The lowest BCUT2D eigenvalue weighted by molar-refractivity contribution is -0.128. The monoisotopic (exact) mass is 360 g/mol. The molecule has 1 fully saturated rings. The Morgan fingerprint density at radius 3 is 2.77 bits per heavy atom. The number of ether oxygens (including phenoxy) is 2. The predicted molar refractivity (Wildman–Crippen MR) is 87.9 cm³/mol. The summed E-state index contributed by atoms with van der Waals surface area (Å²) < 4.78 is 12.5. The molecule has 3 rings (SSSR count). The topological polar surface area (TPSA) is 35.5 Å². The third-order valence-electron chi connectivity index (χ3n) is 3.68. The molecule has 22 heavy (non-hydrogen) atoms. The van der Waals surface area contributed by atoms with Crippen LogP contribution in [0.25, 0.3) is 0 Å². The molecule has 1 atom stereocenters. The molecule has 114 valence electrons. The molecule has 1 aliphatic heterocycles. The third-order valence-corrected chi connectivity index (χ3v) is 4.40. The lowest BCUT2D eigenvalue weighted by Gasteiger charge is -2.23. The molecular weight excluding hydrogens is 344 g/mol. The van der Waals surface area contributed by atoms with Crippen LogP contribution in [0.3, 0.4) is 0 Å². The van der Waals surface area contributed by atoms with Crippen molar-refractivity contribution in [3.05, 3.63) is 64.1 Å². The minimum atomic E-state index is -0.184. The molecule has 4 heteroatoms. The van der Waals surface area contributed by atoms with Crippen LogP contribution < -0.4 is 4.74 Å². The minimum Gasteiger partial charge on any atom is -0.489 e. The Morgan fingerprint density at radius 1 is 1.18 bits per heavy atom. The summed E-state index contributed by atoms with van der Waals surface area (Å²) in [5.74, 6) is 1.03. The first-order chi connectivity index (χ1) is 10.7. The highest BCUT2D eigenvalue weighted by Crippen LogP contribution is 2.34. The molecule has 0 N–H and O–H groups in total. The van der Waals surface area contributed by atoms with Gasteiger partial charge >= 0.3 is 0 Å². The molecule has 0 saturated carbocycles. The Morgan fingerprint density at radius 2 is 2.00 bits per heavy atom. The van der Waals surface area contributed by atoms with E-state index < -0.39 is 0 Å². The Hall–Kier alpha value is -1.65. The summed E-state index contributed by atoms with van der Waals surface area (Å²) in [6.07, 6.45) is 0.759. The van der Waals surface area contributed by atoms with Gasteiger partial charge in [0.2, 0.25) is 0 Å². The Kier molecular flexibility index (Phi) is 4.90. The van der Waals surface area contributed by atoms with Crippen molar-refractivity contribution >= 4 is 21.7 Å². The van der Waals surface area contributed by atoms with Gasteiger partial charge in [-0.15, -0.1) is 0 Å². The van der Waals surface area contributed by atoms with Crippen molar-refractivity contribution in [2.45, 2.75) is 25.6 Å². The Labute approximate surface area is 138 Å². The van der Waals surface area contributed by atoms with Crippen molar-refractivity contribution in [3.8, 4) is 5.75 Å². The van der Waals surface area contributed by atoms with E-state index in [0.29, 0.717) is 26.1 Å². The summed E-state index contributed by atoms with van der Waals surface area (Å²) in [5, 5.41) is 0. The molecule has 1 aliphatic rings. The molecule has 0 spiro atoms. The van der Waals surface area contributed by atoms with E-state index in [4.69, 9.17) is 9.47 Å². The van der Waals surface area contributed by atoms with Crippen LogP contribution in [-0.4, -0.2) is 12.4 Å². The number of Topliss-reactive ketones (excluding diaryl/α,β-unsaturated/α-hetero) is 1. The maximum atomic E-state index is 11.6. The molecule has 0 aromatic heterocycles. The van der Waals surface area contributed by atoms with E-state index in [9.17, 15) is 4.79 Å². The number of halogens is 1. The van der Waals surface area contributed by atoms with Gasteiger partial charge in [0.05, 0.1) is 12.7 Å². The van der Waals surface area contributed by atoms with Gasteiger partial charge in [0.25, 0.3) is 0 Å². The average molecular weight is 361 g/mol. The molecule has 0 radical (unpaired) electrons. The van der Waals surface area contributed by atoms with Crippen molar-refractivity contribution in [1.29, 1.82) is 0 Å². The fourth-order valence-electron chi connectivity index (χ4n) is 2.48. The highest BCUT2D eigenvalue weighted by Gasteiger charge is 2.23. The van der Waals surface area contributed by atoms with Gasteiger partial charge in [-0.3, -0.25) is 4.79 Å². The maximum absolute atomic E-state index is 11.6. The van der Waals surface area contributed by atoms with Gasteiger partial charge in [-0.2, -0.15) is 0 Å². The van der Waals surface area contributed by atoms with Crippen molar-refractivity contribution < 1.29 is 14.3 Å². The van der Waals surface area contributed by atoms with Gasteiger partial charge in [0.15, 0.2) is 0 Å². The number of ketones is 1. The summed E-state index contributed by atoms with van der Waals surface area (Å²) >= 11 is 3.54. The first kappa shape index (κ1) is 15.3. The first-order valence-electron chi connectivity index (χ1n) is 7.32. The zero-order valence-electron chi connectivity index (χ0n) is 12.1. The van der Waals surface area contributed by atoms with Crippen LogP contribution in [0.4, 0.5) is 0 Å². The molecule has 3 nitrogen and oxygen atoms in total. The van der Waals surface area contributed by atoms with E-state index in [-0.39, 0.29) is 11.9 Å². The predicted octanol–water partition coefficient (Wildman–Crippen LogP) is 4.45. The van der Waals surface area contributed by atoms with E-state index >= 15 is 0 Å². The first-order valence-corrected chi connectivity index (χ1v) is 8.11. The Bertz CT molecular complexity index is 655. The lowest BCUT2D eigenvalue weighted by Crippen LogP contribution is -2.19. The molecule has 1 unspecified atom stereocenters. The van der Waals surface area contributed by atoms with E-state index in [1.807, 2.05) is 48.5 Å². The SMILES string of the molecule is O=C1CCOC(c2cc(OCc3ccccc3)ccc2Br)C1. The standard InChI is InChI=1S/C18H17BrO3/c19-17-7-6-15(22-12-13-4-2-1-3-5-13)11-16(17)18-10-14(20)8-9-21-18/h1-7,11,18H,8-10,12H2. The maximum Gasteiger partial charge on any atom is 0.138 e. The Balaban J connectivity index is 1.73. The molecular formula is C18H17BrO3. The van der Waals surface area contributed by atoms with Gasteiger partial charge in [0, 0.05) is 17.3 Å². The molecule has 0 aliphatic carbocycles. The summed E-state index contributed by atoms with van der Waals surface area (Å²) in [6.45, 7) is 1.01. The number of rotatable bonds is 4. The van der Waals surface area contributed by atoms with Gasteiger partial charge in [-0.25, -0.2) is 0 Å². The van der Waals surface area contributed by atoms with Crippen LogP contribution in [0.1, 0.15) is 30.1 Å². The van der Waals surface area contributed by atoms with Crippen LogP contribution >= 0.6 is 15.9 Å². The largest absolute Gasteiger partial charge is 0.489 e. The minimum absolute atomic E-state index is 0.184. The summed E-state index contributed by atoms with van der Waals surface area (Å²) in [5.41, 5.74) is 2.09. The summed E-state index contributed by atoms with van der Waals surface area (Å²) in [7, 11) is 0. The highest BCUT2D eigenvalue weighted by molar-refractivity contribution is 9.10. The highest BCUT2D eigenvalue weighted by atomic mass is 79.9. The van der Waals surface area contributed by atoms with Crippen LogP contribution in [0.5, 0.6) is 5.75 Å². The molecule has 2 aromatic rings. The van der Waals surface area contributed by atoms with Gasteiger partial charge < -0.3 is 9.47 Å². The zero-order valence-corrected chi connectivity index (χ0v) is 13.7. The lowest BCUT2D eigenvalue weighted by atomic mass is 10.0. The number of carbonyl (C=O) groups is 1. The van der Waals surface area contributed by atoms with Crippen molar-refractivity contribution in [2.75, 3.05) is 6.61 Å². The molecule has 0 amide bonds. The van der Waals surface area contributed by atoms with Crippen molar-refractivity contribution in [3.63, 3.8) is 0 Å². The van der Waals surface area contributed by atoms with Gasteiger partial charge in [-0.1, -0.05) is 46.3 Å². The summed E-state index contributed by atoms with van der Waals surface area (Å²) in [4.78, 5) is 11.6. The van der Waals surface area contributed by atoms with Crippen LogP contribution in [0, 0.1) is 0 Å². The molecule has 1 saturated heterocycles. The van der Waals surface area contributed by atoms with Gasteiger partial charge in [0.1, 0.15) is 18.1 Å². The fraction of sp³-hybridized carbons (Fsp3) is 0.278. The average Bonchev–Trinajstić information content (AvgIpc) is 2.55. The van der Waals surface area contributed by atoms with E-state index in [1.54, 1.807) is 0 Å². The zero-order chi connectivity index (χ0) is 15.4. The van der Waals surface area contributed by atoms with Crippen molar-refractivity contribution in [1.82, 2.24) is 0 Å². The third kappa shape index (κ3) is 3.76. The molecule has 0 bridgehead atoms. The number of carbonyl (C=O) groups excluding carboxylic acids is 1.